The summed E-state index contributed by atoms with van der Waals surface area (Å²) in [7, 11) is 1.60. The molecule has 0 aliphatic carbocycles. The third-order valence-corrected chi connectivity index (χ3v) is 5.67. The van der Waals surface area contributed by atoms with Crippen molar-refractivity contribution >= 4 is 23.1 Å². The lowest BCUT2D eigenvalue weighted by atomic mass is 10.1. The van der Waals surface area contributed by atoms with Crippen molar-refractivity contribution in [2.45, 2.75) is 13.2 Å². The summed E-state index contributed by atoms with van der Waals surface area (Å²) in [6.45, 7) is 0.431. The zero-order valence-corrected chi connectivity index (χ0v) is 19.5. The number of hydrogen-bond donors (Lipinski definition) is 4. The number of nitrogens with zero attached hydrogens (tertiary/aromatic N) is 1. The quantitative estimate of drug-likeness (QED) is 0.255. The number of carbonyl (C=O) groups excluding carboxylic acids is 1. The van der Waals surface area contributed by atoms with Crippen LogP contribution in [0.2, 0.25) is 0 Å². The minimum absolute atomic E-state index is 0. The van der Waals surface area contributed by atoms with E-state index in [2.05, 4.69) is 26.7 Å². The van der Waals surface area contributed by atoms with Crippen LogP contribution in [0.3, 0.4) is 0 Å². The predicted molar refractivity (Wildman–Crippen MR) is 140 cm³/mol. The van der Waals surface area contributed by atoms with Crippen LogP contribution in [-0.2, 0) is 18.0 Å². The first-order valence-electron chi connectivity index (χ1n) is 11.3. The van der Waals surface area contributed by atoms with E-state index < -0.39 is 5.82 Å². The highest BCUT2D eigenvalue weighted by atomic mass is 19.1. The number of hydrogen-bond acceptors (Lipinski definition) is 7. The van der Waals surface area contributed by atoms with Gasteiger partial charge in [-0.3, -0.25) is 10.2 Å². The Morgan fingerprint density at radius 2 is 1.89 bits per heavy atom. The van der Waals surface area contributed by atoms with Crippen LogP contribution in [-0.4, -0.2) is 18.0 Å². The van der Waals surface area contributed by atoms with Crippen molar-refractivity contribution in [3.63, 3.8) is 0 Å². The number of carbonyl (C=O) groups is 1. The van der Waals surface area contributed by atoms with E-state index in [1.165, 1.54) is 6.07 Å². The smallest absolute Gasteiger partial charge is 0.255 e. The number of methoxy groups -OCH3 is 1. The van der Waals surface area contributed by atoms with Crippen LogP contribution in [0, 0.1) is 5.82 Å². The zero-order chi connectivity index (χ0) is 24.9. The Labute approximate surface area is 210 Å². The molecule has 0 spiro atoms. The second-order valence-corrected chi connectivity index (χ2v) is 8.15. The zero-order valence-electron chi connectivity index (χ0n) is 19.5. The molecular formula is C27H28FN5O3. The minimum Gasteiger partial charge on any atom is -0.497 e. The van der Waals surface area contributed by atoms with Crippen molar-refractivity contribution in [2.75, 3.05) is 23.3 Å². The van der Waals surface area contributed by atoms with Gasteiger partial charge in [-0.1, -0.05) is 30.3 Å². The molecule has 8 nitrogen and oxygen atoms in total. The molecule has 1 aromatic heterocycles. The highest BCUT2D eigenvalue weighted by Gasteiger charge is 2.14. The summed E-state index contributed by atoms with van der Waals surface area (Å²) in [5.41, 5.74) is 13.1. The van der Waals surface area contributed by atoms with Crippen molar-refractivity contribution in [3.05, 3.63) is 101 Å². The molecule has 9 heteroatoms. The maximum absolute atomic E-state index is 14.7. The number of halogens is 1. The normalized spacial score (nSPS) is 11.8. The molecule has 1 amide bonds. The van der Waals surface area contributed by atoms with Gasteiger partial charge in [-0.2, -0.15) is 0 Å². The number of anilines is 3. The van der Waals surface area contributed by atoms with Gasteiger partial charge in [-0.25, -0.2) is 9.37 Å². The lowest BCUT2D eigenvalue weighted by molar-refractivity contribution is 0.102. The maximum atomic E-state index is 14.7. The highest BCUT2D eigenvalue weighted by molar-refractivity contribution is 6.05. The number of benzene rings is 3. The van der Waals surface area contributed by atoms with E-state index in [0.717, 1.165) is 22.6 Å². The molecule has 5 rings (SSSR count). The number of pyridine rings is 1. The summed E-state index contributed by atoms with van der Waals surface area (Å²) in [4.78, 5) is 17.4. The molecule has 186 valence electrons. The number of fused-ring (bicyclic) bond motifs is 1. The minimum atomic E-state index is -0.454. The van der Waals surface area contributed by atoms with Crippen molar-refractivity contribution in [1.29, 1.82) is 0 Å². The Kier molecular flexibility index (Phi) is 6.74. The van der Waals surface area contributed by atoms with E-state index in [1.54, 1.807) is 37.4 Å². The van der Waals surface area contributed by atoms with Gasteiger partial charge in [0.1, 0.15) is 11.6 Å². The molecule has 4 aromatic rings. The van der Waals surface area contributed by atoms with E-state index in [1.807, 2.05) is 42.5 Å². The number of amides is 1. The van der Waals surface area contributed by atoms with E-state index in [9.17, 15) is 9.18 Å². The molecule has 0 radical (unpaired) electrons. The topological polar surface area (TPSA) is 96.5 Å². The Morgan fingerprint density at radius 1 is 1.00 bits per heavy atom. The first-order chi connectivity index (χ1) is 17.6. The molecule has 1 aliphatic heterocycles. The molecule has 0 saturated carbocycles. The van der Waals surface area contributed by atoms with Crippen molar-refractivity contribution in [3.8, 4) is 17.0 Å². The van der Waals surface area contributed by atoms with Crippen LogP contribution >= 0.6 is 0 Å². The molecule has 4 N–H and O–H groups in total. The van der Waals surface area contributed by atoms with Crippen molar-refractivity contribution < 1.29 is 21.5 Å². The van der Waals surface area contributed by atoms with Crippen LogP contribution in [0.4, 0.5) is 21.6 Å². The van der Waals surface area contributed by atoms with E-state index >= 15 is 0 Å². The fourth-order valence-corrected chi connectivity index (χ4v) is 3.78. The average molecular weight is 490 g/mol. The predicted octanol–water partition coefficient (Wildman–Crippen LogP) is 5.61. The molecular weight excluding hydrogens is 461 g/mol. The molecule has 0 atom stereocenters. The molecule has 0 unspecified atom stereocenters. The van der Waals surface area contributed by atoms with Crippen LogP contribution < -0.4 is 26.4 Å². The SMILES string of the molecule is COc1cccc(COCc2ccc(NC(=O)c3cccc(-c4ccc5c(n4)NNN5)c3)cc2F)c1.[HH].[HH]. The third-order valence-electron chi connectivity index (χ3n) is 5.67. The summed E-state index contributed by atoms with van der Waals surface area (Å²) in [5.74, 6) is 0.610. The lowest BCUT2D eigenvalue weighted by Gasteiger charge is -2.10. The summed E-state index contributed by atoms with van der Waals surface area (Å²) in [6, 6.07) is 22.9. The maximum Gasteiger partial charge on any atom is 0.255 e. The number of hydrazine groups is 2. The van der Waals surface area contributed by atoms with Gasteiger partial charge in [-0.15, -0.1) is 5.53 Å². The average Bonchev–Trinajstić information content (AvgIpc) is 3.38. The monoisotopic (exact) mass is 489 g/mol. The largest absolute Gasteiger partial charge is 0.497 e. The Balaban J connectivity index is 0.00000200. The van der Waals surface area contributed by atoms with Gasteiger partial charge in [0.05, 0.1) is 31.7 Å². The van der Waals surface area contributed by atoms with E-state index in [0.29, 0.717) is 34.9 Å². The first kappa shape index (κ1) is 23.3. The molecule has 0 saturated heterocycles. The molecule has 0 fully saturated rings. The number of nitrogens with one attached hydrogen (secondary N) is 4. The summed E-state index contributed by atoms with van der Waals surface area (Å²) >= 11 is 0. The van der Waals surface area contributed by atoms with Crippen molar-refractivity contribution in [1.82, 2.24) is 10.5 Å². The fourth-order valence-electron chi connectivity index (χ4n) is 3.78. The van der Waals surface area contributed by atoms with Crippen LogP contribution in [0.15, 0.2) is 78.9 Å². The van der Waals surface area contributed by atoms with Gasteiger partial charge in [0.15, 0.2) is 5.82 Å². The van der Waals surface area contributed by atoms with Crippen LogP contribution in [0.25, 0.3) is 11.3 Å². The van der Waals surface area contributed by atoms with Gasteiger partial charge < -0.3 is 20.2 Å². The van der Waals surface area contributed by atoms with E-state index in [4.69, 9.17) is 9.47 Å². The summed E-state index contributed by atoms with van der Waals surface area (Å²) in [5, 5.41) is 2.75. The van der Waals surface area contributed by atoms with Crippen LogP contribution in [0.1, 0.15) is 24.3 Å². The second kappa shape index (κ2) is 10.4. The van der Waals surface area contributed by atoms with Gasteiger partial charge >= 0.3 is 0 Å². The van der Waals surface area contributed by atoms with Gasteiger partial charge in [0, 0.05) is 25.2 Å². The number of aromatic nitrogens is 1. The standard InChI is InChI=1S/C27H24FN5O3.2H2/c1-35-22-7-2-4-17(12-22)15-36-16-20-8-9-21(14-23(20)28)29-27(34)19-6-3-5-18(13-19)24-10-11-25-26(30-24)32-33-31-25;;/h2-14,31,33H,15-16H2,1H3,(H,29,34)(H,30,32);2*1H. The number of ether oxygens (including phenoxy) is 2. The molecule has 36 heavy (non-hydrogen) atoms. The molecule has 0 bridgehead atoms. The second-order valence-electron chi connectivity index (χ2n) is 8.15. The molecule has 3 aromatic carbocycles. The highest BCUT2D eigenvalue weighted by Crippen LogP contribution is 2.27. The lowest BCUT2D eigenvalue weighted by Crippen LogP contribution is -2.19. The van der Waals surface area contributed by atoms with Gasteiger partial charge in [-0.05, 0) is 54.1 Å². The van der Waals surface area contributed by atoms with Gasteiger partial charge in [0.25, 0.3) is 5.91 Å². The number of rotatable bonds is 8. The third kappa shape index (κ3) is 5.27. The summed E-state index contributed by atoms with van der Waals surface area (Å²) < 4.78 is 25.5. The Morgan fingerprint density at radius 3 is 2.75 bits per heavy atom. The Hall–Kier alpha value is -4.47. The fraction of sp³-hybridized carbons (Fsp3) is 0.111. The van der Waals surface area contributed by atoms with Crippen LogP contribution in [0.5, 0.6) is 5.75 Å². The molecule has 2 heterocycles. The first-order valence-corrected chi connectivity index (χ1v) is 11.3. The van der Waals surface area contributed by atoms with Crippen molar-refractivity contribution in [2.24, 2.45) is 0 Å². The Bertz CT molecular complexity index is 1420. The van der Waals surface area contributed by atoms with Gasteiger partial charge in [0.2, 0.25) is 0 Å². The molecule has 1 aliphatic rings. The summed E-state index contributed by atoms with van der Waals surface area (Å²) in [6.07, 6.45) is 0. The van der Waals surface area contributed by atoms with E-state index in [-0.39, 0.29) is 15.4 Å².